The highest BCUT2D eigenvalue weighted by molar-refractivity contribution is 5.79. The summed E-state index contributed by atoms with van der Waals surface area (Å²) < 4.78 is 4.95. The summed E-state index contributed by atoms with van der Waals surface area (Å²) in [5, 5.41) is 3.16. The zero-order valence-corrected chi connectivity index (χ0v) is 10.4. The normalized spacial score (nSPS) is 11.6. The van der Waals surface area contributed by atoms with Crippen molar-refractivity contribution in [2.75, 3.05) is 11.9 Å². The van der Waals surface area contributed by atoms with Gasteiger partial charge in [-0.25, -0.2) is 4.79 Å². The number of nitrogens with one attached hydrogen (secondary N) is 1. The lowest BCUT2D eigenvalue weighted by atomic mass is 10.1. The second-order valence-corrected chi connectivity index (χ2v) is 3.77. The Hall–Kier alpha value is -1.77. The van der Waals surface area contributed by atoms with Crippen molar-refractivity contribution in [3.63, 3.8) is 0 Å². The van der Waals surface area contributed by atoms with Gasteiger partial charge in [0.25, 0.3) is 0 Å². The predicted octanol–water partition coefficient (Wildman–Crippen LogP) is 2.78. The molecule has 0 aliphatic rings. The molecular formula is C14H19NO2. The van der Waals surface area contributed by atoms with Crippen LogP contribution in [0.25, 0.3) is 0 Å². The van der Waals surface area contributed by atoms with Gasteiger partial charge < -0.3 is 10.1 Å². The highest BCUT2D eigenvalue weighted by atomic mass is 16.5. The molecular weight excluding hydrogens is 214 g/mol. The van der Waals surface area contributed by atoms with Crippen LogP contribution in [0.4, 0.5) is 5.69 Å². The molecule has 0 aliphatic carbocycles. The van der Waals surface area contributed by atoms with Gasteiger partial charge in [0.05, 0.1) is 6.61 Å². The minimum atomic E-state index is -0.346. The van der Waals surface area contributed by atoms with E-state index in [1.54, 1.807) is 13.8 Å². The van der Waals surface area contributed by atoms with E-state index in [0.717, 1.165) is 17.7 Å². The molecule has 1 unspecified atom stereocenters. The van der Waals surface area contributed by atoms with E-state index in [9.17, 15) is 4.79 Å². The molecule has 0 aliphatic heterocycles. The minimum absolute atomic E-state index is 0.235. The second-order valence-electron chi connectivity index (χ2n) is 3.77. The van der Waals surface area contributed by atoms with E-state index in [0.29, 0.717) is 6.61 Å². The summed E-state index contributed by atoms with van der Waals surface area (Å²) >= 11 is 0. The van der Waals surface area contributed by atoms with E-state index < -0.39 is 0 Å². The number of rotatable bonds is 6. The molecule has 0 radical (unpaired) electrons. The fourth-order valence-corrected chi connectivity index (χ4v) is 1.55. The van der Waals surface area contributed by atoms with Crippen molar-refractivity contribution in [2.24, 2.45) is 0 Å². The van der Waals surface area contributed by atoms with Crippen LogP contribution >= 0.6 is 0 Å². The first-order valence-corrected chi connectivity index (χ1v) is 5.81. The van der Waals surface area contributed by atoms with E-state index in [-0.39, 0.29) is 12.0 Å². The van der Waals surface area contributed by atoms with Crippen molar-refractivity contribution in [1.82, 2.24) is 0 Å². The van der Waals surface area contributed by atoms with Crippen LogP contribution in [0.2, 0.25) is 0 Å². The third-order valence-corrected chi connectivity index (χ3v) is 2.39. The zero-order valence-electron chi connectivity index (χ0n) is 10.4. The molecule has 0 bridgehead atoms. The zero-order chi connectivity index (χ0) is 12.7. The molecule has 92 valence electrons. The number of para-hydroxylation sites is 1. The Morgan fingerprint density at radius 2 is 2.24 bits per heavy atom. The lowest BCUT2D eigenvalue weighted by Crippen LogP contribution is -2.28. The van der Waals surface area contributed by atoms with Gasteiger partial charge in [0.2, 0.25) is 0 Å². The molecule has 0 spiro atoms. The first kappa shape index (κ1) is 13.3. The van der Waals surface area contributed by atoms with E-state index in [1.165, 1.54) is 0 Å². The number of carbonyl (C=O) groups excluding carboxylic acids is 1. The fraction of sp³-hybridized carbons (Fsp3) is 0.357. The third-order valence-electron chi connectivity index (χ3n) is 2.39. The standard InChI is InChI=1S/C14H19NO2/c1-4-8-12-9-6-7-10-13(12)15-11(3)14(16)17-5-2/h4,6-7,9-11,15H,1,5,8H2,2-3H3. The fourth-order valence-electron chi connectivity index (χ4n) is 1.55. The molecule has 1 aromatic carbocycles. The lowest BCUT2D eigenvalue weighted by Gasteiger charge is -2.16. The largest absolute Gasteiger partial charge is 0.464 e. The number of hydrogen-bond donors (Lipinski definition) is 1. The summed E-state index contributed by atoms with van der Waals surface area (Å²) in [6, 6.07) is 7.53. The molecule has 0 heterocycles. The maximum Gasteiger partial charge on any atom is 0.328 e. The summed E-state index contributed by atoms with van der Waals surface area (Å²) in [6.07, 6.45) is 2.62. The van der Waals surface area contributed by atoms with Gasteiger partial charge in [-0.1, -0.05) is 24.3 Å². The van der Waals surface area contributed by atoms with Crippen LogP contribution in [0.1, 0.15) is 19.4 Å². The van der Waals surface area contributed by atoms with Gasteiger partial charge in [0, 0.05) is 5.69 Å². The minimum Gasteiger partial charge on any atom is -0.464 e. The molecule has 3 heteroatoms. The van der Waals surface area contributed by atoms with E-state index >= 15 is 0 Å². The maximum absolute atomic E-state index is 11.5. The molecule has 0 aromatic heterocycles. The number of anilines is 1. The quantitative estimate of drug-likeness (QED) is 0.606. The van der Waals surface area contributed by atoms with E-state index in [4.69, 9.17) is 4.74 Å². The first-order valence-electron chi connectivity index (χ1n) is 5.81. The highest BCUT2D eigenvalue weighted by Crippen LogP contribution is 2.17. The van der Waals surface area contributed by atoms with E-state index in [1.807, 2.05) is 30.3 Å². The van der Waals surface area contributed by atoms with Crippen LogP contribution in [0.3, 0.4) is 0 Å². The highest BCUT2D eigenvalue weighted by Gasteiger charge is 2.14. The van der Waals surface area contributed by atoms with Crippen molar-refractivity contribution in [3.05, 3.63) is 42.5 Å². The molecule has 17 heavy (non-hydrogen) atoms. The SMILES string of the molecule is C=CCc1ccccc1NC(C)C(=O)OCC. The smallest absolute Gasteiger partial charge is 0.328 e. The van der Waals surface area contributed by atoms with Gasteiger partial charge in [-0.2, -0.15) is 0 Å². The van der Waals surface area contributed by atoms with Crippen LogP contribution in [0.5, 0.6) is 0 Å². The number of allylic oxidation sites excluding steroid dienone is 1. The van der Waals surface area contributed by atoms with Crippen LogP contribution < -0.4 is 5.32 Å². The van der Waals surface area contributed by atoms with Crippen LogP contribution in [0.15, 0.2) is 36.9 Å². The molecule has 0 saturated heterocycles. The molecule has 1 N–H and O–H groups in total. The number of esters is 1. The van der Waals surface area contributed by atoms with Crippen molar-refractivity contribution in [3.8, 4) is 0 Å². The molecule has 1 rings (SSSR count). The molecule has 1 atom stereocenters. The Bertz CT molecular complexity index is 388. The van der Waals surface area contributed by atoms with Crippen molar-refractivity contribution in [2.45, 2.75) is 26.3 Å². The predicted molar refractivity (Wildman–Crippen MR) is 70.1 cm³/mol. The number of hydrogen-bond acceptors (Lipinski definition) is 3. The number of carbonyl (C=O) groups is 1. The van der Waals surface area contributed by atoms with Gasteiger partial charge in [-0.3, -0.25) is 0 Å². The number of ether oxygens (including phenoxy) is 1. The molecule has 0 fully saturated rings. The topological polar surface area (TPSA) is 38.3 Å². The summed E-state index contributed by atoms with van der Waals surface area (Å²) in [4.78, 5) is 11.5. The Kier molecular flexibility index (Phi) is 5.27. The average molecular weight is 233 g/mol. The van der Waals surface area contributed by atoms with Gasteiger partial charge >= 0.3 is 5.97 Å². The Labute approximate surface area is 102 Å². The first-order chi connectivity index (χ1) is 8.19. The van der Waals surface area contributed by atoms with Crippen molar-refractivity contribution < 1.29 is 9.53 Å². The van der Waals surface area contributed by atoms with Crippen LogP contribution in [0, 0.1) is 0 Å². The second kappa shape index (κ2) is 6.74. The van der Waals surface area contributed by atoms with E-state index in [2.05, 4.69) is 11.9 Å². The van der Waals surface area contributed by atoms with Gasteiger partial charge in [0.1, 0.15) is 6.04 Å². The van der Waals surface area contributed by atoms with Gasteiger partial charge in [-0.15, -0.1) is 6.58 Å². The molecule has 3 nitrogen and oxygen atoms in total. The Morgan fingerprint density at radius 1 is 1.53 bits per heavy atom. The van der Waals surface area contributed by atoms with Crippen molar-refractivity contribution >= 4 is 11.7 Å². The summed E-state index contributed by atoms with van der Waals surface area (Å²) in [5.41, 5.74) is 2.08. The lowest BCUT2D eigenvalue weighted by molar-refractivity contribution is -0.143. The molecule has 1 aromatic rings. The average Bonchev–Trinajstić information content (AvgIpc) is 2.32. The Balaban J connectivity index is 2.73. The summed E-state index contributed by atoms with van der Waals surface area (Å²) in [7, 11) is 0. The molecule has 0 saturated carbocycles. The van der Waals surface area contributed by atoms with Gasteiger partial charge in [0.15, 0.2) is 0 Å². The number of benzene rings is 1. The molecule has 0 amide bonds. The summed E-state index contributed by atoms with van der Waals surface area (Å²) in [5.74, 6) is -0.235. The Morgan fingerprint density at radius 3 is 2.88 bits per heavy atom. The monoisotopic (exact) mass is 233 g/mol. The van der Waals surface area contributed by atoms with Crippen LogP contribution in [-0.4, -0.2) is 18.6 Å². The third kappa shape index (κ3) is 3.94. The van der Waals surface area contributed by atoms with Gasteiger partial charge in [-0.05, 0) is 31.9 Å². The van der Waals surface area contributed by atoms with Crippen LogP contribution in [-0.2, 0) is 16.0 Å². The maximum atomic E-state index is 11.5. The van der Waals surface area contributed by atoms with Crippen molar-refractivity contribution in [1.29, 1.82) is 0 Å². The summed E-state index contributed by atoms with van der Waals surface area (Å²) in [6.45, 7) is 7.72.